The Morgan fingerprint density at radius 2 is 1.26 bits per heavy atom. The minimum atomic E-state index is 0.150. The zero-order valence-electron chi connectivity index (χ0n) is 26.1. The fourth-order valence-electron chi connectivity index (χ4n) is 9.36. The largest absolute Gasteiger partial charge is 0.456 e. The summed E-state index contributed by atoms with van der Waals surface area (Å²) in [4.78, 5) is 0. The highest BCUT2D eigenvalue weighted by atomic mass is 16.3. The molecule has 1 aromatic heterocycles. The van der Waals surface area contributed by atoms with Gasteiger partial charge in [0.2, 0.25) is 0 Å². The molecule has 3 aliphatic rings. The van der Waals surface area contributed by atoms with Crippen LogP contribution in [0.2, 0.25) is 0 Å². The summed E-state index contributed by atoms with van der Waals surface area (Å²) in [6, 6.07) is 48.0. The Morgan fingerprint density at radius 3 is 2.15 bits per heavy atom. The molecule has 0 saturated heterocycles. The normalized spacial score (nSPS) is 17.8. The molecule has 3 aliphatic carbocycles. The fourth-order valence-corrected chi connectivity index (χ4v) is 9.36. The number of rotatable bonds is 2. The van der Waals surface area contributed by atoms with Gasteiger partial charge in [0.05, 0.1) is 0 Å². The van der Waals surface area contributed by atoms with Gasteiger partial charge in [-0.2, -0.15) is 0 Å². The monoisotopic (exact) mass is 592 g/mol. The van der Waals surface area contributed by atoms with E-state index in [1.807, 2.05) is 0 Å². The van der Waals surface area contributed by atoms with Crippen molar-refractivity contribution in [2.24, 2.45) is 0 Å². The molecule has 1 spiro atoms. The third kappa shape index (κ3) is 3.81. The zero-order chi connectivity index (χ0) is 30.2. The summed E-state index contributed by atoms with van der Waals surface area (Å²) in [6.07, 6.45) is 8.65. The van der Waals surface area contributed by atoms with Crippen LogP contribution in [0.1, 0.15) is 72.3 Å². The van der Waals surface area contributed by atoms with Crippen molar-refractivity contribution in [2.45, 2.75) is 56.3 Å². The Balaban J connectivity index is 1.11. The molecule has 0 N–H and O–H groups in total. The average molecular weight is 593 g/mol. The fraction of sp³-hybridized carbons (Fsp3) is 0.200. The van der Waals surface area contributed by atoms with E-state index in [4.69, 9.17) is 4.42 Å². The van der Waals surface area contributed by atoms with E-state index in [0.29, 0.717) is 5.92 Å². The molecular formula is C45H36O. The number of benzene rings is 6. The number of fused-ring (bicyclic) bond motifs is 11. The Morgan fingerprint density at radius 1 is 0.522 bits per heavy atom. The van der Waals surface area contributed by atoms with E-state index >= 15 is 0 Å². The van der Waals surface area contributed by atoms with Gasteiger partial charge in [0.15, 0.2) is 0 Å². The highest BCUT2D eigenvalue weighted by Gasteiger charge is 2.44. The minimum absolute atomic E-state index is 0.150. The molecule has 0 amide bonds. The maximum atomic E-state index is 6.69. The Labute approximate surface area is 270 Å². The zero-order valence-corrected chi connectivity index (χ0v) is 26.1. The van der Waals surface area contributed by atoms with Crippen LogP contribution in [0.25, 0.3) is 55.3 Å². The maximum absolute atomic E-state index is 6.69. The molecule has 1 atom stereocenters. The van der Waals surface area contributed by atoms with Gasteiger partial charge < -0.3 is 4.42 Å². The van der Waals surface area contributed by atoms with Crippen LogP contribution in [-0.4, -0.2) is 0 Å². The number of furan rings is 1. The molecule has 1 saturated carbocycles. The van der Waals surface area contributed by atoms with E-state index < -0.39 is 0 Å². The Kier molecular flexibility index (Phi) is 5.76. The van der Waals surface area contributed by atoms with Gasteiger partial charge in [0, 0.05) is 22.1 Å². The summed E-state index contributed by atoms with van der Waals surface area (Å²) in [6.45, 7) is 0. The lowest BCUT2D eigenvalue weighted by Gasteiger charge is -2.35. The van der Waals surface area contributed by atoms with E-state index in [0.717, 1.165) is 24.0 Å². The van der Waals surface area contributed by atoms with Gasteiger partial charge in [-0.15, -0.1) is 0 Å². The van der Waals surface area contributed by atoms with E-state index in [2.05, 4.69) is 127 Å². The summed E-state index contributed by atoms with van der Waals surface area (Å²) in [5.41, 5.74) is 17.4. The van der Waals surface area contributed by atoms with Crippen LogP contribution < -0.4 is 0 Å². The van der Waals surface area contributed by atoms with Crippen LogP contribution in [0.3, 0.4) is 0 Å². The molecule has 1 fully saturated rings. The van der Waals surface area contributed by atoms with Crippen molar-refractivity contribution in [3.8, 4) is 33.4 Å². The third-order valence-corrected chi connectivity index (χ3v) is 11.5. The highest BCUT2D eigenvalue weighted by molar-refractivity contribution is 6.08. The molecule has 1 unspecified atom stereocenters. The maximum Gasteiger partial charge on any atom is 0.136 e. The molecule has 0 bridgehead atoms. The predicted molar refractivity (Wildman–Crippen MR) is 190 cm³/mol. The lowest BCUT2D eigenvalue weighted by atomic mass is 9.68. The minimum Gasteiger partial charge on any atom is -0.456 e. The molecule has 46 heavy (non-hydrogen) atoms. The molecular weight excluding hydrogens is 556 g/mol. The molecule has 0 aliphatic heterocycles. The van der Waals surface area contributed by atoms with Crippen LogP contribution in [0.5, 0.6) is 0 Å². The van der Waals surface area contributed by atoms with E-state index in [1.54, 1.807) is 0 Å². The molecule has 7 aromatic rings. The summed E-state index contributed by atoms with van der Waals surface area (Å²) in [5.74, 6) is 0.384. The lowest BCUT2D eigenvalue weighted by molar-refractivity contribution is 0.353. The average Bonchev–Trinajstić information content (AvgIpc) is 3.53. The van der Waals surface area contributed by atoms with Gasteiger partial charge in [-0.3, -0.25) is 0 Å². The van der Waals surface area contributed by atoms with Crippen LogP contribution in [-0.2, 0) is 11.8 Å². The Bertz CT molecular complexity index is 2300. The van der Waals surface area contributed by atoms with Crippen molar-refractivity contribution in [1.82, 2.24) is 0 Å². The SMILES string of the molecule is c1ccc(C2CCc3ccccc3-c3cc(-c4ccc5c(c4)oc4cc6c(cc45)C4(CCCCC4)c4ccccc4-6)ccc32)cc1. The quantitative estimate of drug-likeness (QED) is 0.195. The van der Waals surface area contributed by atoms with E-state index in [-0.39, 0.29) is 5.41 Å². The topological polar surface area (TPSA) is 13.1 Å². The summed E-state index contributed by atoms with van der Waals surface area (Å²) >= 11 is 0. The molecule has 10 rings (SSSR count). The first-order valence-corrected chi connectivity index (χ1v) is 17.2. The molecule has 1 heteroatoms. The third-order valence-electron chi connectivity index (χ3n) is 11.5. The van der Waals surface area contributed by atoms with Crippen LogP contribution in [0.15, 0.2) is 132 Å². The van der Waals surface area contributed by atoms with Gasteiger partial charge in [-0.1, -0.05) is 116 Å². The number of hydrogen-bond donors (Lipinski definition) is 0. The van der Waals surface area contributed by atoms with Crippen molar-refractivity contribution in [1.29, 1.82) is 0 Å². The first-order valence-electron chi connectivity index (χ1n) is 17.2. The van der Waals surface area contributed by atoms with Crippen molar-refractivity contribution in [3.63, 3.8) is 0 Å². The predicted octanol–water partition coefficient (Wildman–Crippen LogP) is 12.2. The van der Waals surface area contributed by atoms with Crippen molar-refractivity contribution >= 4 is 21.9 Å². The molecule has 1 heterocycles. The molecule has 1 nitrogen and oxygen atoms in total. The van der Waals surface area contributed by atoms with Gasteiger partial charge >= 0.3 is 0 Å². The highest BCUT2D eigenvalue weighted by Crippen LogP contribution is 2.57. The Hall–Kier alpha value is -4.88. The van der Waals surface area contributed by atoms with Gasteiger partial charge in [-0.25, -0.2) is 0 Å². The second kappa shape index (κ2) is 10.1. The lowest BCUT2D eigenvalue weighted by Crippen LogP contribution is -2.27. The number of hydrogen-bond acceptors (Lipinski definition) is 1. The smallest absolute Gasteiger partial charge is 0.136 e. The molecule has 222 valence electrons. The van der Waals surface area contributed by atoms with Gasteiger partial charge in [0.25, 0.3) is 0 Å². The standard InChI is InChI=1S/C45H36O/c1-3-11-29(12-4-1)34-20-17-30-13-5-6-14-33(30)38-25-31(18-21-35(34)38)32-19-22-37-40-27-42-39(28-44(40)46-43(37)26-32)36-15-7-8-16-41(36)45(42)23-9-2-10-24-45/h1,3-8,11-16,18-19,21-22,25-28,34H,2,9-10,17,20,23-24H2. The second-order valence-corrected chi connectivity index (χ2v) is 13.9. The van der Waals surface area contributed by atoms with Crippen LogP contribution in [0, 0.1) is 0 Å². The number of aryl methyl sites for hydroxylation is 1. The van der Waals surface area contributed by atoms with Crippen molar-refractivity contribution in [2.75, 3.05) is 0 Å². The summed E-state index contributed by atoms with van der Waals surface area (Å²) in [5, 5.41) is 2.47. The van der Waals surface area contributed by atoms with Gasteiger partial charge in [-0.05, 0) is 117 Å². The van der Waals surface area contributed by atoms with Crippen molar-refractivity contribution in [3.05, 3.63) is 155 Å². The summed E-state index contributed by atoms with van der Waals surface area (Å²) < 4.78 is 6.69. The van der Waals surface area contributed by atoms with E-state index in [1.165, 1.54) is 104 Å². The molecule has 0 radical (unpaired) electrons. The van der Waals surface area contributed by atoms with Crippen LogP contribution >= 0.6 is 0 Å². The first-order chi connectivity index (χ1) is 22.8. The van der Waals surface area contributed by atoms with Crippen molar-refractivity contribution < 1.29 is 4.42 Å². The van der Waals surface area contributed by atoms with Gasteiger partial charge in [0.1, 0.15) is 11.2 Å². The van der Waals surface area contributed by atoms with E-state index in [9.17, 15) is 0 Å². The summed E-state index contributed by atoms with van der Waals surface area (Å²) in [7, 11) is 0. The molecule has 6 aromatic carbocycles. The van der Waals surface area contributed by atoms with Crippen LogP contribution in [0.4, 0.5) is 0 Å². The first kappa shape index (κ1) is 26.3. The second-order valence-electron chi connectivity index (χ2n) is 13.9.